The van der Waals surface area contributed by atoms with Crippen molar-refractivity contribution in [2.45, 2.75) is 39.2 Å². The second kappa shape index (κ2) is 8.64. The van der Waals surface area contributed by atoms with E-state index >= 15 is 0 Å². The summed E-state index contributed by atoms with van der Waals surface area (Å²) in [6.45, 7) is 4.32. The number of hydrogen-bond acceptors (Lipinski definition) is 5. The number of urea groups is 1. The first-order chi connectivity index (χ1) is 15.3. The molecule has 32 heavy (non-hydrogen) atoms. The van der Waals surface area contributed by atoms with Crippen molar-refractivity contribution >= 4 is 11.7 Å². The monoisotopic (exact) mass is 434 g/mol. The number of rotatable bonds is 6. The second-order valence-corrected chi connectivity index (χ2v) is 8.45. The summed E-state index contributed by atoms with van der Waals surface area (Å²) in [5.41, 5.74) is 6.84. The SMILES string of the molecule is Cc1cc(-c2ccc(OCc3c(C4CC4)cccc3N(N)C(=O)N(C)N)c(C)c2)n(C)n1. The van der Waals surface area contributed by atoms with E-state index in [-0.39, 0.29) is 0 Å². The summed E-state index contributed by atoms with van der Waals surface area (Å²) >= 11 is 0. The van der Waals surface area contributed by atoms with Gasteiger partial charge in [0.2, 0.25) is 0 Å². The van der Waals surface area contributed by atoms with Gasteiger partial charge in [0, 0.05) is 25.2 Å². The molecule has 1 aliphatic rings. The van der Waals surface area contributed by atoms with Gasteiger partial charge in [-0.15, -0.1) is 0 Å². The molecule has 0 unspecified atom stereocenters. The Morgan fingerprint density at radius 3 is 2.53 bits per heavy atom. The van der Waals surface area contributed by atoms with Crippen molar-refractivity contribution in [3.63, 3.8) is 0 Å². The molecule has 3 aromatic rings. The van der Waals surface area contributed by atoms with Crippen LogP contribution >= 0.6 is 0 Å². The summed E-state index contributed by atoms with van der Waals surface area (Å²) in [4.78, 5) is 12.4. The molecule has 0 radical (unpaired) electrons. The zero-order valence-corrected chi connectivity index (χ0v) is 19.0. The van der Waals surface area contributed by atoms with Gasteiger partial charge >= 0.3 is 6.03 Å². The number of carbonyl (C=O) groups excluding carboxylic acids is 1. The molecule has 0 saturated heterocycles. The number of aromatic nitrogens is 2. The minimum atomic E-state index is -0.494. The number of aryl methyl sites for hydroxylation is 3. The van der Waals surface area contributed by atoms with Gasteiger partial charge in [-0.1, -0.05) is 12.1 Å². The van der Waals surface area contributed by atoms with Crippen LogP contribution in [-0.4, -0.2) is 27.9 Å². The van der Waals surface area contributed by atoms with E-state index in [1.807, 2.05) is 49.8 Å². The van der Waals surface area contributed by atoms with Crippen molar-refractivity contribution < 1.29 is 9.53 Å². The predicted molar refractivity (Wildman–Crippen MR) is 125 cm³/mol. The van der Waals surface area contributed by atoms with Gasteiger partial charge < -0.3 is 4.74 Å². The lowest BCUT2D eigenvalue weighted by molar-refractivity contribution is 0.216. The van der Waals surface area contributed by atoms with Gasteiger partial charge in [0.1, 0.15) is 12.4 Å². The van der Waals surface area contributed by atoms with Gasteiger partial charge in [0.25, 0.3) is 0 Å². The summed E-state index contributed by atoms with van der Waals surface area (Å²) in [6, 6.07) is 13.5. The van der Waals surface area contributed by atoms with E-state index in [1.165, 1.54) is 12.6 Å². The third kappa shape index (κ3) is 4.32. The molecule has 1 aliphatic carbocycles. The number of ether oxygens (including phenoxy) is 1. The number of nitrogens with zero attached hydrogens (tertiary/aromatic N) is 4. The fourth-order valence-corrected chi connectivity index (χ4v) is 4.03. The zero-order valence-electron chi connectivity index (χ0n) is 19.0. The molecular formula is C24H30N6O2. The highest BCUT2D eigenvalue weighted by Gasteiger charge is 2.29. The lowest BCUT2D eigenvalue weighted by Crippen LogP contribution is -2.49. The van der Waals surface area contributed by atoms with Gasteiger partial charge in [0.05, 0.1) is 17.1 Å². The van der Waals surface area contributed by atoms with E-state index < -0.39 is 6.03 Å². The highest BCUT2D eigenvalue weighted by Crippen LogP contribution is 2.44. The lowest BCUT2D eigenvalue weighted by atomic mass is 10.0. The maximum absolute atomic E-state index is 12.4. The first kappa shape index (κ1) is 21.9. The Kier molecular flexibility index (Phi) is 5.90. The van der Waals surface area contributed by atoms with E-state index in [1.54, 1.807) is 0 Å². The molecule has 1 fully saturated rings. The summed E-state index contributed by atoms with van der Waals surface area (Å²) in [7, 11) is 3.41. The Hall–Kier alpha value is -3.36. The largest absolute Gasteiger partial charge is 0.489 e. The van der Waals surface area contributed by atoms with Gasteiger partial charge in [-0.05, 0) is 74.1 Å². The van der Waals surface area contributed by atoms with Gasteiger partial charge in [-0.25, -0.2) is 21.5 Å². The van der Waals surface area contributed by atoms with E-state index in [9.17, 15) is 4.79 Å². The molecule has 2 aromatic carbocycles. The second-order valence-electron chi connectivity index (χ2n) is 8.45. The Morgan fingerprint density at radius 1 is 1.19 bits per heavy atom. The first-order valence-electron chi connectivity index (χ1n) is 10.7. The Balaban J connectivity index is 1.61. The number of hydrogen-bond donors (Lipinski definition) is 2. The predicted octanol–water partition coefficient (Wildman–Crippen LogP) is 3.77. The number of carbonyl (C=O) groups is 1. The van der Waals surface area contributed by atoms with Crippen LogP contribution in [0, 0.1) is 13.8 Å². The average Bonchev–Trinajstić information content (AvgIpc) is 3.55. The van der Waals surface area contributed by atoms with Crippen molar-refractivity contribution in [1.82, 2.24) is 14.8 Å². The van der Waals surface area contributed by atoms with Crippen molar-refractivity contribution in [2.24, 2.45) is 18.7 Å². The van der Waals surface area contributed by atoms with Gasteiger partial charge in [0.15, 0.2) is 0 Å². The minimum Gasteiger partial charge on any atom is -0.489 e. The molecule has 1 heterocycles. The summed E-state index contributed by atoms with van der Waals surface area (Å²) in [5, 5.41) is 6.49. The summed E-state index contributed by atoms with van der Waals surface area (Å²) < 4.78 is 8.12. The molecular weight excluding hydrogens is 404 g/mol. The summed E-state index contributed by atoms with van der Waals surface area (Å²) in [5.74, 6) is 13.0. The lowest BCUT2D eigenvalue weighted by Gasteiger charge is -2.25. The van der Waals surface area contributed by atoms with Gasteiger partial charge in [-0.3, -0.25) is 9.69 Å². The van der Waals surface area contributed by atoms with Crippen LogP contribution < -0.4 is 21.4 Å². The minimum absolute atomic E-state index is 0.308. The number of hydrazine groups is 2. The van der Waals surface area contributed by atoms with E-state index in [0.29, 0.717) is 18.2 Å². The van der Waals surface area contributed by atoms with Crippen molar-refractivity contribution in [2.75, 3.05) is 12.1 Å². The molecule has 4 N–H and O–H groups in total. The van der Waals surface area contributed by atoms with Crippen LogP contribution in [0.25, 0.3) is 11.3 Å². The topological polar surface area (TPSA) is 103 Å². The quantitative estimate of drug-likeness (QED) is 0.349. The first-order valence-corrected chi connectivity index (χ1v) is 10.7. The fraction of sp³-hybridized carbons (Fsp3) is 0.333. The molecule has 8 heteroatoms. The Labute approximate surface area is 188 Å². The molecule has 2 amide bonds. The maximum Gasteiger partial charge on any atom is 0.352 e. The van der Waals surface area contributed by atoms with E-state index in [2.05, 4.69) is 23.3 Å². The third-order valence-corrected chi connectivity index (χ3v) is 5.82. The van der Waals surface area contributed by atoms with Crippen LogP contribution in [0.3, 0.4) is 0 Å². The molecule has 1 aromatic heterocycles. The summed E-state index contributed by atoms with van der Waals surface area (Å²) in [6.07, 6.45) is 2.26. The molecule has 0 atom stereocenters. The van der Waals surface area contributed by atoms with Crippen molar-refractivity contribution in [3.05, 3.63) is 64.8 Å². The smallest absolute Gasteiger partial charge is 0.352 e. The van der Waals surface area contributed by atoms with Crippen LogP contribution in [0.5, 0.6) is 5.75 Å². The molecule has 168 valence electrons. The van der Waals surface area contributed by atoms with Crippen LogP contribution in [0.1, 0.15) is 41.1 Å². The molecule has 1 saturated carbocycles. The van der Waals surface area contributed by atoms with Crippen molar-refractivity contribution in [3.8, 4) is 17.0 Å². The molecule has 8 nitrogen and oxygen atoms in total. The average molecular weight is 435 g/mol. The standard InChI is InChI=1S/C24H30N6O2/c1-15-12-18(22-13-16(2)27-29(22)4)10-11-23(15)32-14-20-19(17-8-9-17)6-5-7-21(20)30(26)24(31)28(3)25/h5-7,10-13,17H,8-9,14,25-26H2,1-4H3. The van der Waals surface area contributed by atoms with Gasteiger partial charge in [-0.2, -0.15) is 5.10 Å². The molecule has 4 rings (SSSR count). The van der Waals surface area contributed by atoms with E-state index in [4.69, 9.17) is 16.4 Å². The zero-order chi connectivity index (χ0) is 23.0. The van der Waals surface area contributed by atoms with Crippen LogP contribution in [0.2, 0.25) is 0 Å². The normalized spacial score (nSPS) is 13.2. The van der Waals surface area contributed by atoms with Crippen LogP contribution in [-0.2, 0) is 13.7 Å². The fourth-order valence-electron chi connectivity index (χ4n) is 4.03. The van der Waals surface area contributed by atoms with Crippen molar-refractivity contribution in [1.29, 1.82) is 0 Å². The number of anilines is 1. The molecule has 0 aliphatic heterocycles. The third-order valence-electron chi connectivity index (χ3n) is 5.82. The molecule has 0 bridgehead atoms. The number of benzene rings is 2. The van der Waals surface area contributed by atoms with Crippen LogP contribution in [0.4, 0.5) is 10.5 Å². The number of nitrogens with two attached hydrogens (primary N) is 2. The number of amides is 2. The highest BCUT2D eigenvalue weighted by molar-refractivity contribution is 5.91. The Morgan fingerprint density at radius 2 is 1.94 bits per heavy atom. The highest BCUT2D eigenvalue weighted by atomic mass is 16.5. The Bertz CT molecular complexity index is 1150. The maximum atomic E-state index is 12.4. The molecule has 0 spiro atoms. The van der Waals surface area contributed by atoms with E-state index in [0.717, 1.165) is 56.7 Å². The van der Waals surface area contributed by atoms with Crippen LogP contribution in [0.15, 0.2) is 42.5 Å².